The van der Waals surface area contributed by atoms with Gasteiger partial charge >= 0.3 is 0 Å². The molecule has 0 aromatic heterocycles. The van der Waals surface area contributed by atoms with Crippen molar-refractivity contribution in [2.75, 3.05) is 6.54 Å². The molecule has 0 saturated heterocycles. The highest BCUT2D eigenvalue weighted by molar-refractivity contribution is 7.89. The number of unbranched alkanes of at least 4 members (excludes halogenated alkanes) is 1. The fourth-order valence-corrected chi connectivity index (χ4v) is 5.85. The molecule has 4 rings (SSSR count). The topological polar surface area (TPSA) is 58.2 Å². The van der Waals surface area contributed by atoms with E-state index < -0.39 is 16.1 Å². The normalized spacial score (nSPS) is 13.2. The molecule has 0 amide bonds. The Kier molecular flexibility index (Phi) is 9.29. The Balaban J connectivity index is 1.55. The lowest BCUT2D eigenvalue weighted by atomic mass is 9.94. The highest BCUT2D eigenvalue weighted by Crippen LogP contribution is 2.31. The molecule has 0 aliphatic carbocycles. The molecule has 0 bridgehead atoms. The average Bonchev–Trinajstić information content (AvgIpc) is 2.91. The van der Waals surface area contributed by atoms with Crippen LogP contribution in [0.2, 0.25) is 0 Å². The lowest BCUT2D eigenvalue weighted by molar-refractivity contribution is 0.417. The zero-order valence-corrected chi connectivity index (χ0v) is 22.4. The van der Waals surface area contributed by atoms with Gasteiger partial charge in [-0.05, 0) is 68.5 Å². The zero-order chi connectivity index (χ0) is 26.1. The summed E-state index contributed by atoms with van der Waals surface area (Å²) in [6, 6.07) is 34.8. The molecule has 5 heteroatoms. The quantitative estimate of drug-likeness (QED) is 0.208. The molecule has 2 atom stereocenters. The molecule has 0 aliphatic rings. The van der Waals surface area contributed by atoms with Crippen LogP contribution in [0.15, 0.2) is 114 Å². The minimum absolute atomic E-state index is 0.234. The van der Waals surface area contributed by atoms with Crippen LogP contribution in [0.1, 0.15) is 52.7 Å². The molecule has 4 aromatic carbocycles. The second-order valence-electron chi connectivity index (χ2n) is 9.61. The van der Waals surface area contributed by atoms with Gasteiger partial charge in [-0.2, -0.15) is 0 Å². The maximum Gasteiger partial charge on any atom is 0.241 e. The van der Waals surface area contributed by atoms with Crippen LogP contribution in [0.5, 0.6) is 0 Å². The van der Waals surface area contributed by atoms with E-state index in [0.29, 0.717) is 0 Å². The lowest BCUT2D eigenvalue weighted by Gasteiger charge is -2.30. The van der Waals surface area contributed by atoms with Crippen LogP contribution in [0.25, 0.3) is 0 Å². The smallest absolute Gasteiger partial charge is 0.241 e. The van der Waals surface area contributed by atoms with Crippen molar-refractivity contribution >= 4 is 10.0 Å². The van der Waals surface area contributed by atoms with Gasteiger partial charge in [0.05, 0.1) is 17.0 Å². The van der Waals surface area contributed by atoms with E-state index in [0.717, 1.165) is 42.5 Å². The Bertz CT molecular complexity index is 1360. The first kappa shape index (κ1) is 26.8. The number of nitrogens with one attached hydrogen (secondary N) is 2. The van der Waals surface area contributed by atoms with E-state index >= 15 is 0 Å². The summed E-state index contributed by atoms with van der Waals surface area (Å²) in [6.45, 7) is 4.85. The van der Waals surface area contributed by atoms with Crippen LogP contribution in [-0.2, 0) is 16.4 Å². The number of benzene rings is 4. The predicted molar refractivity (Wildman–Crippen MR) is 152 cm³/mol. The minimum Gasteiger partial charge on any atom is -0.308 e. The molecule has 4 nitrogen and oxygen atoms in total. The highest BCUT2D eigenvalue weighted by Gasteiger charge is 2.29. The van der Waals surface area contributed by atoms with Crippen molar-refractivity contribution in [2.45, 2.75) is 50.1 Å². The van der Waals surface area contributed by atoms with Gasteiger partial charge in [0.25, 0.3) is 0 Å². The third kappa shape index (κ3) is 7.62. The van der Waals surface area contributed by atoms with Gasteiger partial charge in [-0.1, -0.05) is 108 Å². The molecule has 0 saturated carbocycles. The SMILES string of the molecule is Cc1ccc(S(=O)(=O)N[C@@H](c2ccccc2)[C@@H](NCCCCc2cccc(C)c2)c2ccccc2)cc1. The molecule has 2 N–H and O–H groups in total. The maximum atomic E-state index is 13.5. The van der Waals surface area contributed by atoms with Crippen molar-refractivity contribution in [3.8, 4) is 0 Å². The van der Waals surface area contributed by atoms with Gasteiger partial charge in [-0.3, -0.25) is 0 Å². The van der Waals surface area contributed by atoms with Crippen molar-refractivity contribution in [2.24, 2.45) is 0 Å². The number of aryl methyl sites for hydroxylation is 3. The monoisotopic (exact) mass is 512 g/mol. The molecule has 0 radical (unpaired) electrons. The van der Waals surface area contributed by atoms with E-state index in [9.17, 15) is 8.42 Å². The molecule has 0 aliphatic heterocycles. The summed E-state index contributed by atoms with van der Waals surface area (Å²) < 4.78 is 30.0. The van der Waals surface area contributed by atoms with Crippen molar-refractivity contribution < 1.29 is 8.42 Å². The van der Waals surface area contributed by atoms with Gasteiger partial charge in [0, 0.05) is 0 Å². The molecule has 0 heterocycles. The summed E-state index contributed by atoms with van der Waals surface area (Å²) >= 11 is 0. The summed E-state index contributed by atoms with van der Waals surface area (Å²) in [5.41, 5.74) is 5.62. The summed E-state index contributed by atoms with van der Waals surface area (Å²) in [7, 11) is -3.74. The van der Waals surface area contributed by atoms with E-state index in [2.05, 4.69) is 53.4 Å². The second kappa shape index (κ2) is 12.8. The van der Waals surface area contributed by atoms with Gasteiger partial charge in [0.2, 0.25) is 10.0 Å². The summed E-state index contributed by atoms with van der Waals surface area (Å²) in [5, 5.41) is 3.69. The van der Waals surface area contributed by atoms with Gasteiger partial charge in [-0.15, -0.1) is 0 Å². The van der Waals surface area contributed by atoms with E-state index in [1.165, 1.54) is 11.1 Å². The van der Waals surface area contributed by atoms with Crippen LogP contribution in [0, 0.1) is 13.8 Å². The molecular formula is C32H36N2O2S. The van der Waals surface area contributed by atoms with Crippen LogP contribution in [0.3, 0.4) is 0 Å². The lowest BCUT2D eigenvalue weighted by Crippen LogP contribution is -2.39. The summed E-state index contributed by atoms with van der Waals surface area (Å²) in [5.74, 6) is 0. The largest absolute Gasteiger partial charge is 0.308 e. The van der Waals surface area contributed by atoms with Crippen LogP contribution < -0.4 is 10.0 Å². The van der Waals surface area contributed by atoms with Gasteiger partial charge in [0.15, 0.2) is 0 Å². The summed E-state index contributed by atoms with van der Waals surface area (Å²) in [6.07, 6.45) is 3.08. The third-order valence-electron chi connectivity index (χ3n) is 6.60. The van der Waals surface area contributed by atoms with E-state index in [-0.39, 0.29) is 10.9 Å². The Hall–Kier alpha value is -3.25. The number of hydrogen-bond acceptors (Lipinski definition) is 3. The molecular weight excluding hydrogens is 476 g/mol. The average molecular weight is 513 g/mol. The Morgan fingerprint density at radius 3 is 1.89 bits per heavy atom. The first-order valence-corrected chi connectivity index (χ1v) is 14.4. The Morgan fingerprint density at radius 1 is 0.649 bits per heavy atom. The van der Waals surface area contributed by atoms with E-state index in [1.807, 2.05) is 67.6 Å². The third-order valence-corrected chi connectivity index (χ3v) is 8.06. The first-order chi connectivity index (χ1) is 17.9. The standard InChI is InChI=1S/C32H36N2O2S/c1-25-19-21-30(22-20-25)37(35,36)34-32(29-17-7-4-8-18-29)31(28-15-5-3-6-16-28)33-23-10-9-13-27-14-11-12-26(2)24-27/h3-8,11-12,14-22,24,31-34H,9-10,13,23H2,1-2H3/t31-,32-/m0/s1. The predicted octanol–water partition coefficient (Wildman–Crippen LogP) is 6.68. The first-order valence-electron chi connectivity index (χ1n) is 12.9. The number of hydrogen-bond donors (Lipinski definition) is 2. The molecule has 0 unspecified atom stereocenters. The van der Waals surface area contributed by atoms with E-state index in [1.54, 1.807) is 12.1 Å². The van der Waals surface area contributed by atoms with E-state index in [4.69, 9.17) is 0 Å². The van der Waals surface area contributed by atoms with Gasteiger partial charge in [-0.25, -0.2) is 13.1 Å². The van der Waals surface area contributed by atoms with Crippen LogP contribution in [-0.4, -0.2) is 15.0 Å². The maximum absolute atomic E-state index is 13.5. The fourth-order valence-electron chi connectivity index (χ4n) is 4.61. The molecule has 0 fully saturated rings. The summed E-state index contributed by atoms with van der Waals surface area (Å²) in [4.78, 5) is 0.268. The van der Waals surface area contributed by atoms with Gasteiger partial charge in [0.1, 0.15) is 0 Å². The zero-order valence-electron chi connectivity index (χ0n) is 21.6. The Labute approximate surface area is 221 Å². The number of sulfonamides is 1. The van der Waals surface area contributed by atoms with Crippen molar-refractivity contribution in [1.29, 1.82) is 0 Å². The van der Waals surface area contributed by atoms with Gasteiger partial charge < -0.3 is 5.32 Å². The second-order valence-corrected chi connectivity index (χ2v) is 11.3. The highest BCUT2D eigenvalue weighted by atomic mass is 32.2. The molecule has 0 spiro atoms. The van der Waals surface area contributed by atoms with Crippen LogP contribution >= 0.6 is 0 Å². The van der Waals surface area contributed by atoms with Crippen molar-refractivity contribution in [3.05, 3.63) is 137 Å². The van der Waals surface area contributed by atoms with Crippen molar-refractivity contribution in [1.82, 2.24) is 10.0 Å². The minimum atomic E-state index is -3.74. The molecule has 37 heavy (non-hydrogen) atoms. The fraction of sp³-hybridized carbons (Fsp3) is 0.250. The molecule has 4 aromatic rings. The van der Waals surface area contributed by atoms with Crippen molar-refractivity contribution in [3.63, 3.8) is 0 Å². The molecule has 192 valence electrons. The Morgan fingerprint density at radius 2 is 1.27 bits per heavy atom. The number of rotatable bonds is 12. The van der Waals surface area contributed by atoms with Crippen LogP contribution in [0.4, 0.5) is 0 Å².